The van der Waals surface area contributed by atoms with E-state index in [1.165, 1.54) is 0 Å². The van der Waals surface area contributed by atoms with Gasteiger partial charge in [0.2, 0.25) is 11.8 Å². The van der Waals surface area contributed by atoms with Crippen molar-refractivity contribution in [1.29, 1.82) is 0 Å². The molecule has 0 aliphatic carbocycles. The molecule has 1 aromatic rings. The first-order valence-electron chi connectivity index (χ1n) is 5.45. The van der Waals surface area contributed by atoms with Crippen molar-refractivity contribution in [2.45, 2.75) is 20.3 Å². The molecule has 0 spiro atoms. The highest BCUT2D eigenvalue weighted by atomic mass is 16.5. The summed E-state index contributed by atoms with van der Waals surface area (Å²) in [5.74, 6) is 0.670. The van der Waals surface area contributed by atoms with Crippen LogP contribution in [0.4, 0.5) is 4.79 Å². The summed E-state index contributed by atoms with van der Waals surface area (Å²) in [5, 5.41) is 5.97. The summed E-state index contributed by atoms with van der Waals surface area (Å²) in [7, 11) is 0. The van der Waals surface area contributed by atoms with Crippen molar-refractivity contribution in [3.8, 4) is 0 Å². The van der Waals surface area contributed by atoms with Gasteiger partial charge in [0, 0.05) is 19.5 Å². The van der Waals surface area contributed by atoms with Crippen molar-refractivity contribution in [2.75, 3.05) is 13.1 Å². The predicted molar refractivity (Wildman–Crippen MR) is 57.0 cm³/mol. The Morgan fingerprint density at radius 1 is 1.53 bits per heavy atom. The molecule has 17 heavy (non-hydrogen) atoms. The number of urea groups is 1. The van der Waals surface area contributed by atoms with Crippen LogP contribution in [0.3, 0.4) is 0 Å². The van der Waals surface area contributed by atoms with Gasteiger partial charge in [-0.1, -0.05) is 12.1 Å². The lowest BCUT2D eigenvalue weighted by molar-refractivity contribution is -0.125. The molecule has 7 heteroatoms. The average molecular weight is 238 g/mol. The fourth-order valence-electron chi connectivity index (χ4n) is 1.67. The summed E-state index contributed by atoms with van der Waals surface area (Å²) in [6, 6.07) is -0.357. The molecule has 92 valence electrons. The summed E-state index contributed by atoms with van der Waals surface area (Å²) in [6.45, 7) is 4.41. The van der Waals surface area contributed by atoms with Crippen molar-refractivity contribution in [3.05, 3.63) is 11.7 Å². The van der Waals surface area contributed by atoms with Crippen LogP contribution >= 0.6 is 0 Å². The maximum atomic E-state index is 11.5. The number of rotatable bonds is 3. The highest BCUT2D eigenvalue weighted by Crippen LogP contribution is 2.08. The van der Waals surface area contributed by atoms with Gasteiger partial charge in [0.05, 0.1) is 5.92 Å². The smallest absolute Gasteiger partial charge is 0.324 e. The van der Waals surface area contributed by atoms with E-state index in [-0.39, 0.29) is 17.9 Å². The number of aryl methyl sites for hydroxylation is 1. The number of aromatic nitrogens is 2. The Kier molecular flexibility index (Phi) is 3.08. The summed E-state index contributed by atoms with van der Waals surface area (Å²) in [4.78, 5) is 28.4. The predicted octanol–water partition coefficient (Wildman–Crippen LogP) is 0.108. The quantitative estimate of drug-likeness (QED) is 0.807. The molecule has 1 N–H and O–H groups in total. The first-order valence-corrected chi connectivity index (χ1v) is 5.45. The van der Waals surface area contributed by atoms with E-state index in [0.29, 0.717) is 31.2 Å². The topological polar surface area (TPSA) is 88.3 Å². The fourth-order valence-corrected chi connectivity index (χ4v) is 1.67. The van der Waals surface area contributed by atoms with Crippen molar-refractivity contribution in [2.24, 2.45) is 5.92 Å². The van der Waals surface area contributed by atoms with Gasteiger partial charge in [0.1, 0.15) is 0 Å². The van der Waals surface area contributed by atoms with Gasteiger partial charge in [-0.05, 0) is 6.92 Å². The lowest BCUT2D eigenvalue weighted by Crippen LogP contribution is -2.54. The van der Waals surface area contributed by atoms with Crippen LogP contribution in [0.5, 0.6) is 0 Å². The van der Waals surface area contributed by atoms with Gasteiger partial charge < -0.3 is 9.42 Å². The maximum absolute atomic E-state index is 11.5. The van der Waals surface area contributed by atoms with Gasteiger partial charge in [0.15, 0.2) is 5.82 Å². The van der Waals surface area contributed by atoms with Gasteiger partial charge in [-0.2, -0.15) is 4.98 Å². The van der Waals surface area contributed by atoms with Crippen molar-refractivity contribution < 1.29 is 14.1 Å². The number of nitrogens with one attached hydrogen (secondary N) is 1. The summed E-state index contributed by atoms with van der Waals surface area (Å²) in [6.07, 6.45) is 0.495. The first-order chi connectivity index (χ1) is 8.06. The first kappa shape index (κ1) is 11.6. The largest absolute Gasteiger partial charge is 0.339 e. The SMILES string of the molecule is Cc1noc(CCN2CC(C)C(=O)NC2=O)n1. The van der Waals surface area contributed by atoms with Crippen LogP contribution in [0.1, 0.15) is 18.6 Å². The second kappa shape index (κ2) is 4.52. The highest BCUT2D eigenvalue weighted by molar-refractivity contribution is 5.97. The normalized spacial score (nSPS) is 20.6. The van der Waals surface area contributed by atoms with E-state index in [1.807, 2.05) is 0 Å². The van der Waals surface area contributed by atoms with Gasteiger partial charge >= 0.3 is 6.03 Å². The molecule has 0 bridgehead atoms. The number of hydrogen-bond donors (Lipinski definition) is 1. The Labute approximate surface area is 98.2 Å². The second-order valence-corrected chi connectivity index (χ2v) is 4.13. The molecule has 1 aliphatic heterocycles. The Balaban J connectivity index is 1.90. The summed E-state index contributed by atoms with van der Waals surface area (Å²) in [5.41, 5.74) is 0. The average Bonchev–Trinajstić information content (AvgIpc) is 2.68. The molecule has 1 fully saturated rings. The van der Waals surface area contributed by atoms with Gasteiger partial charge in [-0.25, -0.2) is 4.79 Å². The van der Waals surface area contributed by atoms with Crippen molar-refractivity contribution in [3.63, 3.8) is 0 Å². The van der Waals surface area contributed by atoms with Crippen LogP contribution in [0, 0.1) is 12.8 Å². The maximum Gasteiger partial charge on any atom is 0.324 e. The molecule has 1 unspecified atom stereocenters. The van der Waals surface area contributed by atoms with Crippen molar-refractivity contribution >= 4 is 11.9 Å². The number of nitrogens with zero attached hydrogens (tertiary/aromatic N) is 3. The molecule has 1 saturated heterocycles. The van der Waals surface area contributed by atoms with E-state index in [2.05, 4.69) is 15.5 Å². The molecule has 2 rings (SSSR count). The zero-order chi connectivity index (χ0) is 12.4. The molecule has 1 atom stereocenters. The van der Waals surface area contributed by atoms with Crippen LogP contribution in [0.2, 0.25) is 0 Å². The minimum atomic E-state index is -0.357. The molecule has 0 aromatic carbocycles. The van der Waals surface area contributed by atoms with Crippen LogP contribution in [-0.4, -0.2) is 40.1 Å². The summed E-state index contributed by atoms with van der Waals surface area (Å²) >= 11 is 0. The van der Waals surface area contributed by atoms with Crippen LogP contribution in [0.15, 0.2) is 4.52 Å². The van der Waals surface area contributed by atoms with Gasteiger partial charge in [-0.15, -0.1) is 0 Å². The third-order valence-electron chi connectivity index (χ3n) is 2.62. The molecule has 0 saturated carbocycles. The van der Waals surface area contributed by atoms with Crippen molar-refractivity contribution in [1.82, 2.24) is 20.4 Å². The lowest BCUT2D eigenvalue weighted by atomic mass is 10.1. The number of carbonyl (C=O) groups excluding carboxylic acids is 2. The molecule has 2 heterocycles. The van der Waals surface area contributed by atoms with Gasteiger partial charge in [-0.3, -0.25) is 10.1 Å². The third kappa shape index (κ3) is 2.61. The number of amides is 3. The second-order valence-electron chi connectivity index (χ2n) is 4.13. The van der Waals surface area contributed by atoms with E-state index in [0.717, 1.165) is 0 Å². The van der Waals surface area contributed by atoms with Crippen LogP contribution in [0.25, 0.3) is 0 Å². The van der Waals surface area contributed by atoms with Crippen LogP contribution in [-0.2, 0) is 11.2 Å². The van der Waals surface area contributed by atoms with Gasteiger partial charge in [0.25, 0.3) is 0 Å². The molecule has 0 radical (unpaired) electrons. The summed E-state index contributed by atoms with van der Waals surface area (Å²) < 4.78 is 4.95. The molecule has 1 aliphatic rings. The van der Waals surface area contributed by atoms with E-state index in [1.54, 1.807) is 18.7 Å². The van der Waals surface area contributed by atoms with Crippen LogP contribution < -0.4 is 5.32 Å². The molecular formula is C10H14N4O3. The minimum absolute atomic E-state index is 0.183. The Morgan fingerprint density at radius 3 is 2.94 bits per heavy atom. The zero-order valence-electron chi connectivity index (χ0n) is 9.77. The third-order valence-corrected chi connectivity index (χ3v) is 2.62. The molecule has 1 aromatic heterocycles. The number of hydrogen-bond acceptors (Lipinski definition) is 5. The fraction of sp³-hybridized carbons (Fsp3) is 0.600. The van der Waals surface area contributed by atoms with E-state index >= 15 is 0 Å². The minimum Gasteiger partial charge on any atom is -0.339 e. The van der Waals surface area contributed by atoms with E-state index < -0.39 is 0 Å². The molecular weight excluding hydrogens is 224 g/mol. The number of imide groups is 1. The Bertz CT molecular complexity index is 443. The number of carbonyl (C=O) groups is 2. The van der Waals surface area contributed by atoms with E-state index in [9.17, 15) is 9.59 Å². The Morgan fingerprint density at radius 2 is 2.29 bits per heavy atom. The standard InChI is InChI=1S/C10H14N4O3/c1-6-5-14(10(16)12-9(6)15)4-3-8-11-7(2)13-17-8/h6H,3-5H2,1-2H3,(H,12,15,16). The molecule has 3 amide bonds. The lowest BCUT2D eigenvalue weighted by Gasteiger charge is -2.29. The zero-order valence-corrected chi connectivity index (χ0v) is 9.77. The Hall–Kier alpha value is -1.92. The van der Waals surface area contributed by atoms with E-state index in [4.69, 9.17) is 4.52 Å². The molecule has 7 nitrogen and oxygen atoms in total. The monoisotopic (exact) mass is 238 g/mol. The highest BCUT2D eigenvalue weighted by Gasteiger charge is 2.28.